The highest BCUT2D eigenvalue weighted by Crippen LogP contribution is 2.40. The number of carbonyl (C=O) groups excluding carboxylic acids is 3. The molecule has 186 valence electrons. The molecule has 2 aliphatic rings. The summed E-state index contributed by atoms with van der Waals surface area (Å²) in [5.74, 6) is -1.80. The lowest BCUT2D eigenvalue weighted by Crippen LogP contribution is -2.46. The standard InChI is InChI=1S/C22H36N4O7/c27-18(13-24-20(30)14-5-2-1-3-6-14)23-10-9-15-11-16(15)12-25-22(33)26-17(21(31)32)7-4-8-19(28)29/h14-17H,1-13H2,(H,23,27)(H,24,30)(H,28,29)(H,31,32)(H2,25,26,33)/t15?,16?,17-/m0/s1. The lowest BCUT2D eigenvalue weighted by molar-refractivity contribution is -0.140. The van der Waals surface area contributed by atoms with Gasteiger partial charge in [0.05, 0.1) is 6.54 Å². The maximum Gasteiger partial charge on any atom is 0.326 e. The van der Waals surface area contributed by atoms with Crippen LogP contribution in [0.4, 0.5) is 4.79 Å². The van der Waals surface area contributed by atoms with E-state index in [9.17, 15) is 24.0 Å². The van der Waals surface area contributed by atoms with Crippen molar-refractivity contribution in [2.45, 2.75) is 70.3 Å². The third-order valence-corrected chi connectivity index (χ3v) is 6.32. The van der Waals surface area contributed by atoms with Crippen LogP contribution in [0.3, 0.4) is 0 Å². The Morgan fingerprint density at radius 2 is 1.64 bits per heavy atom. The number of hydrogen-bond donors (Lipinski definition) is 6. The molecule has 0 bridgehead atoms. The largest absolute Gasteiger partial charge is 0.481 e. The summed E-state index contributed by atoms with van der Waals surface area (Å²) in [5.41, 5.74) is 0. The Bertz CT molecular complexity index is 709. The number of urea groups is 1. The Morgan fingerprint density at radius 3 is 2.30 bits per heavy atom. The number of aliphatic carboxylic acids is 2. The van der Waals surface area contributed by atoms with Crippen LogP contribution in [0.15, 0.2) is 0 Å². The van der Waals surface area contributed by atoms with E-state index in [0.29, 0.717) is 19.0 Å². The van der Waals surface area contributed by atoms with E-state index in [1.165, 1.54) is 6.42 Å². The van der Waals surface area contributed by atoms with Crippen LogP contribution in [0.1, 0.15) is 64.2 Å². The molecule has 2 unspecified atom stereocenters. The van der Waals surface area contributed by atoms with Gasteiger partial charge in [-0.15, -0.1) is 0 Å². The topological polar surface area (TPSA) is 174 Å². The van der Waals surface area contributed by atoms with E-state index in [1.807, 2.05) is 0 Å². The van der Waals surface area contributed by atoms with E-state index in [4.69, 9.17) is 10.2 Å². The highest BCUT2D eigenvalue weighted by molar-refractivity contribution is 5.85. The zero-order valence-corrected chi connectivity index (χ0v) is 18.9. The van der Waals surface area contributed by atoms with Gasteiger partial charge in [-0.3, -0.25) is 14.4 Å². The first kappa shape index (κ1) is 26.4. The van der Waals surface area contributed by atoms with Crippen LogP contribution < -0.4 is 21.3 Å². The molecule has 0 aliphatic heterocycles. The van der Waals surface area contributed by atoms with E-state index in [-0.39, 0.29) is 49.5 Å². The van der Waals surface area contributed by atoms with Crippen LogP contribution in [0.2, 0.25) is 0 Å². The molecule has 33 heavy (non-hydrogen) atoms. The van der Waals surface area contributed by atoms with Crippen molar-refractivity contribution in [3.63, 3.8) is 0 Å². The van der Waals surface area contributed by atoms with Gasteiger partial charge in [-0.2, -0.15) is 0 Å². The minimum atomic E-state index is -1.20. The predicted octanol–water partition coefficient (Wildman–Crippen LogP) is 0.833. The van der Waals surface area contributed by atoms with Crippen molar-refractivity contribution in [1.82, 2.24) is 21.3 Å². The summed E-state index contributed by atoms with van der Waals surface area (Å²) in [6.45, 7) is 0.891. The maximum atomic E-state index is 12.1. The Balaban J connectivity index is 1.52. The quantitative estimate of drug-likeness (QED) is 0.219. The molecule has 2 saturated carbocycles. The third kappa shape index (κ3) is 10.5. The second-order valence-corrected chi connectivity index (χ2v) is 8.98. The summed E-state index contributed by atoms with van der Waals surface area (Å²) in [6.07, 6.45) is 6.82. The van der Waals surface area contributed by atoms with Gasteiger partial charge in [-0.1, -0.05) is 19.3 Å². The fourth-order valence-corrected chi connectivity index (χ4v) is 4.20. The molecule has 0 aromatic carbocycles. The predicted molar refractivity (Wildman–Crippen MR) is 118 cm³/mol. The van der Waals surface area contributed by atoms with Gasteiger partial charge < -0.3 is 31.5 Å². The molecule has 0 saturated heterocycles. The van der Waals surface area contributed by atoms with Crippen LogP contribution in [0.5, 0.6) is 0 Å². The van der Waals surface area contributed by atoms with Gasteiger partial charge >= 0.3 is 18.0 Å². The van der Waals surface area contributed by atoms with Crippen molar-refractivity contribution in [3.8, 4) is 0 Å². The first-order valence-corrected chi connectivity index (χ1v) is 11.8. The lowest BCUT2D eigenvalue weighted by Gasteiger charge is -2.20. The van der Waals surface area contributed by atoms with Gasteiger partial charge in [0.2, 0.25) is 11.8 Å². The molecular formula is C22H36N4O7. The van der Waals surface area contributed by atoms with Crippen LogP contribution in [-0.4, -0.2) is 65.7 Å². The van der Waals surface area contributed by atoms with Gasteiger partial charge in [0.25, 0.3) is 0 Å². The van der Waals surface area contributed by atoms with E-state index < -0.39 is 24.0 Å². The molecule has 4 amide bonds. The summed E-state index contributed by atoms with van der Waals surface area (Å²) in [5, 5.41) is 28.3. The van der Waals surface area contributed by atoms with Gasteiger partial charge in [-0.25, -0.2) is 9.59 Å². The molecule has 0 heterocycles. The maximum absolute atomic E-state index is 12.1. The summed E-state index contributed by atoms with van der Waals surface area (Å²) >= 11 is 0. The van der Waals surface area contributed by atoms with E-state index in [1.54, 1.807) is 0 Å². The van der Waals surface area contributed by atoms with Crippen LogP contribution in [0, 0.1) is 17.8 Å². The molecule has 0 spiro atoms. The molecule has 2 aliphatic carbocycles. The first-order valence-electron chi connectivity index (χ1n) is 11.8. The lowest BCUT2D eigenvalue weighted by atomic mass is 9.89. The van der Waals surface area contributed by atoms with Crippen molar-refractivity contribution in [3.05, 3.63) is 0 Å². The second kappa shape index (κ2) is 13.6. The average molecular weight is 469 g/mol. The first-order chi connectivity index (χ1) is 15.8. The Kier molecular flexibility index (Phi) is 10.9. The molecule has 0 aromatic rings. The molecule has 2 fully saturated rings. The molecule has 11 heteroatoms. The Hall–Kier alpha value is -2.85. The van der Waals surface area contributed by atoms with Gasteiger partial charge in [0, 0.05) is 25.4 Å². The third-order valence-electron chi connectivity index (χ3n) is 6.32. The fraction of sp³-hybridized carbons (Fsp3) is 0.773. The number of carboxylic acids is 2. The monoisotopic (exact) mass is 468 g/mol. The van der Waals surface area contributed by atoms with Crippen LogP contribution in [-0.2, 0) is 19.2 Å². The second-order valence-electron chi connectivity index (χ2n) is 8.98. The summed E-state index contributed by atoms with van der Waals surface area (Å²) < 4.78 is 0. The normalized spacial score (nSPS) is 20.8. The molecule has 0 aromatic heterocycles. The minimum Gasteiger partial charge on any atom is -0.481 e. The molecule has 6 N–H and O–H groups in total. The van der Waals surface area contributed by atoms with Crippen molar-refractivity contribution in [2.75, 3.05) is 19.6 Å². The highest BCUT2D eigenvalue weighted by Gasteiger charge is 2.36. The van der Waals surface area contributed by atoms with Crippen molar-refractivity contribution >= 4 is 29.8 Å². The van der Waals surface area contributed by atoms with Crippen molar-refractivity contribution < 1.29 is 34.2 Å². The number of carbonyl (C=O) groups is 5. The molecule has 3 atom stereocenters. The zero-order valence-electron chi connectivity index (χ0n) is 18.9. The molecule has 2 rings (SSSR count). The number of hydrogen-bond acceptors (Lipinski definition) is 5. The molecular weight excluding hydrogens is 432 g/mol. The summed E-state index contributed by atoms with van der Waals surface area (Å²) in [6, 6.07) is -1.72. The van der Waals surface area contributed by atoms with Gasteiger partial charge in [0.15, 0.2) is 0 Å². The zero-order chi connectivity index (χ0) is 24.2. The van der Waals surface area contributed by atoms with Crippen LogP contribution in [0.25, 0.3) is 0 Å². The Labute approximate surface area is 193 Å². The number of carboxylic acid groups (broad SMARTS) is 2. The number of amides is 4. The van der Waals surface area contributed by atoms with Gasteiger partial charge in [-0.05, 0) is 50.4 Å². The number of nitrogens with one attached hydrogen (secondary N) is 4. The molecule has 11 nitrogen and oxygen atoms in total. The molecule has 0 radical (unpaired) electrons. The van der Waals surface area contributed by atoms with Crippen molar-refractivity contribution in [2.24, 2.45) is 17.8 Å². The van der Waals surface area contributed by atoms with Crippen LogP contribution >= 0.6 is 0 Å². The summed E-state index contributed by atoms with van der Waals surface area (Å²) in [7, 11) is 0. The van der Waals surface area contributed by atoms with E-state index in [0.717, 1.165) is 38.5 Å². The summed E-state index contributed by atoms with van der Waals surface area (Å²) in [4.78, 5) is 57.7. The van der Waals surface area contributed by atoms with E-state index >= 15 is 0 Å². The average Bonchev–Trinajstić information content (AvgIpc) is 3.53. The Morgan fingerprint density at radius 1 is 0.909 bits per heavy atom. The minimum absolute atomic E-state index is 0.0115. The highest BCUT2D eigenvalue weighted by atomic mass is 16.4. The van der Waals surface area contributed by atoms with E-state index in [2.05, 4.69) is 21.3 Å². The van der Waals surface area contributed by atoms with Gasteiger partial charge in [0.1, 0.15) is 6.04 Å². The fourth-order valence-electron chi connectivity index (χ4n) is 4.20. The SMILES string of the molecule is O=C(O)CCC[C@H](NC(=O)NCC1CC1CCNC(=O)CNC(=O)C1CCCCC1)C(=O)O. The van der Waals surface area contributed by atoms with Crippen molar-refractivity contribution in [1.29, 1.82) is 0 Å². The number of rotatable bonds is 14. The smallest absolute Gasteiger partial charge is 0.326 e.